The van der Waals surface area contributed by atoms with Crippen LogP contribution < -0.4 is 5.32 Å². The maximum Gasteiger partial charge on any atom is 0.243 e. The van der Waals surface area contributed by atoms with E-state index in [2.05, 4.69) is 5.32 Å². The molecule has 7 heteroatoms. The number of thioether (sulfide) groups is 1. The zero-order chi connectivity index (χ0) is 22.9. The summed E-state index contributed by atoms with van der Waals surface area (Å²) in [5.41, 5.74) is 1.83. The summed E-state index contributed by atoms with van der Waals surface area (Å²) in [6, 6.07) is 14.8. The summed E-state index contributed by atoms with van der Waals surface area (Å²) in [7, 11) is 0. The lowest BCUT2D eigenvalue weighted by atomic mass is 10.1. The molecule has 0 saturated heterocycles. The van der Waals surface area contributed by atoms with E-state index in [0.717, 1.165) is 36.8 Å². The minimum Gasteiger partial charge on any atom is -0.352 e. The number of nitrogens with zero attached hydrogens (tertiary/aromatic N) is 1. The highest BCUT2D eigenvalue weighted by molar-refractivity contribution is 7.99. The van der Waals surface area contributed by atoms with Gasteiger partial charge in [0, 0.05) is 28.4 Å². The average Bonchev–Trinajstić information content (AvgIpc) is 3.29. The standard InChI is InChI=1S/C25H30Cl2N2O2S/c1-2-23(25(31)28-20-11-5-6-12-20)29(15-18-9-3-7-13-21(18)26)24(30)17-32-16-19-10-4-8-14-22(19)27/h3-4,7-10,13-14,20,23H,2,5-6,11-12,15-17H2,1H3,(H,28,31)/t23-/m0/s1. The van der Waals surface area contributed by atoms with Gasteiger partial charge in [0.15, 0.2) is 0 Å². The molecule has 1 aliphatic carbocycles. The lowest BCUT2D eigenvalue weighted by Gasteiger charge is -2.31. The molecule has 0 aromatic heterocycles. The zero-order valence-corrected chi connectivity index (χ0v) is 20.7. The second-order valence-electron chi connectivity index (χ2n) is 8.11. The Morgan fingerprint density at radius 3 is 2.22 bits per heavy atom. The number of amides is 2. The van der Waals surface area contributed by atoms with Gasteiger partial charge in [-0.05, 0) is 42.5 Å². The fourth-order valence-electron chi connectivity index (χ4n) is 4.04. The molecule has 2 aromatic carbocycles. The highest BCUT2D eigenvalue weighted by atomic mass is 35.5. The molecule has 1 atom stereocenters. The van der Waals surface area contributed by atoms with E-state index in [9.17, 15) is 9.59 Å². The van der Waals surface area contributed by atoms with Crippen molar-refractivity contribution >= 4 is 46.8 Å². The molecule has 1 N–H and O–H groups in total. The first-order chi connectivity index (χ1) is 15.5. The number of hydrogen-bond donors (Lipinski definition) is 1. The van der Waals surface area contributed by atoms with Gasteiger partial charge in [0.1, 0.15) is 6.04 Å². The number of benzene rings is 2. The summed E-state index contributed by atoms with van der Waals surface area (Å²) < 4.78 is 0. The molecule has 172 valence electrons. The third kappa shape index (κ3) is 6.90. The number of carbonyl (C=O) groups excluding carboxylic acids is 2. The Morgan fingerprint density at radius 2 is 1.62 bits per heavy atom. The van der Waals surface area contributed by atoms with Gasteiger partial charge in [-0.15, -0.1) is 11.8 Å². The third-order valence-corrected chi connectivity index (χ3v) is 7.53. The number of carbonyl (C=O) groups is 2. The third-order valence-electron chi connectivity index (χ3n) is 5.83. The van der Waals surface area contributed by atoms with Crippen molar-refractivity contribution in [3.63, 3.8) is 0 Å². The van der Waals surface area contributed by atoms with Gasteiger partial charge in [-0.3, -0.25) is 9.59 Å². The molecule has 1 saturated carbocycles. The predicted molar refractivity (Wildman–Crippen MR) is 134 cm³/mol. The summed E-state index contributed by atoms with van der Waals surface area (Å²) in [5.74, 6) is 0.755. The Kier molecular flexibility index (Phi) is 9.76. The molecule has 2 aromatic rings. The topological polar surface area (TPSA) is 49.4 Å². The number of hydrogen-bond acceptors (Lipinski definition) is 3. The van der Waals surface area contributed by atoms with Crippen molar-refractivity contribution in [3.05, 3.63) is 69.7 Å². The maximum atomic E-state index is 13.3. The van der Waals surface area contributed by atoms with Crippen molar-refractivity contribution in [2.24, 2.45) is 0 Å². The Bertz CT molecular complexity index is 918. The van der Waals surface area contributed by atoms with Gasteiger partial charge in [0.05, 0.1) is 5.75 Å². The lowest BCUT2D eigenvalue weighted by molar-refractivity contribution is -0.139. The number of nitrogens with one attached hydrogen (secondary N) is 1. The Balaban J connectivity index is 1.72. The van der Waals surface area contributed by atoms with Crippen LogP contribution in [0.25, 0.3) is 0 Å². The molecule has 0 heterocycles. The van der Waals surface area contributed by atoms with Gasteiger partial charge in [0.2, 0.25) is 11.8 Å². The fourth-order valence-corrected chi connectivity index (χ4v) is 5.44. The Morgan fingerprint density at radius 1 is 1.03 bits per heavy atom. The molecule has 0 bridgehead atoms. The van der Waals surface area contributed by atoms with E-state index in [1.807, 2.05) is 55.5 Å². The van der Waals surface area contributed by atoms with Crippen molar-refractivity contribution in [2.45, 2.75) is 63.4 Å². The van der Waals surface area contributed by atoms with Crippen LogP contribution in [0.15, 0.2) is 48.5 Å². The summed E-state index contributed by atoms with van der Waals surface area (Å²) >= 11 is 14.1. The van der Waals surface area contributed by atoms with Crippen LogP contribution in [0.5, 0.6) is 0 Å². The van der Waals surface area contributed by atoms with Crippen molar-refractivity contribution in [3.8, 4) is 0 Å². The van der Waals surface area contributed by atoms with Crippen molar-refractivity contribution in [1.29, 1.82) is 0 Å². The molecular formula is C25H30Cl2N2O2S. The van der Waals surface area contributed by atoms with Crippen LogP contribution in [-0.4, -0.2) is 34.6 Å². The maximum absolute atomic E-state index is 13.3. The average molecular weight is 494 g/mol. The summed E-state index contributed by atoms with van der Waals surface area (Å²) in [5, 5.41) is 4.46. The second kappa shape index (κ2) is 12.5. The SMILES string of the molecule is CC[C@@H](C(=O)NC1CCCC1)N(Cc1ccccc1Cl)C(=O)CSCc1ccccc1Cl. The molecule has 1 aliphatic rings. The molecule has 0 spiro atoms. The first-order valence-corrected chi connectivity index (χ1v) is 13.0. The van der Waals surface area contributed by atoms with Crippen LogP contribution in [0.1, 0.15) is 50.2 Å². The molecular weight excluding hydrogens is 463 g/mol. The Hall–Kier alpha value is -1.69. The van der Waals surface area contributed by atoms with E-state index in [4.69, 9.17) is 23.2 Å². The first kappa shape index (κ1) is 24.9. The molecule has 0 aliphatic heterocycles. The highest BCUT2D eigenvalue weighted by Gasteiger charge is 2.30. The zero-order valence-electron chi connectivity index (χ0n) is 18.4. The molecule has 2 amide bonds. The van der Waals surface area contributed by atoms with Gasteiger partial charge in [-0.2, -0.15) is 0 Å². The summed E-state index contributed by atoms with van der Waals surface area (Å²) in [4.78, 5) is 28.1. The quantitative estimate of drug-likeness (QED) is 0.436. The molecule has 0 radical (unpaired) electrons. The fraction of sp³-hybridized carbons (Fsp3) is 0.440. The van der Waals surface area contributed by atoms with Crippen molar-refractivity contribution in [2.75, 3.05) is 5.75 Å². The Labute approximate surface area is 205 Å². The van der Waals surface area contributed by atoms with Crippen LogP contribution >= 0.6 is 35.0 Å². The van der Waals surface area contributed by atoms with E-state index in [1.165, 1.54) is 11.8 Å². The first-order valence-electron chi connectivity index (χ1n) is 11.1. The van der Waals surface area contributed by atoms with Crippen LogP contribution in [-0.2, 0) is 21.9 Å². The second-order valence-corrected chi connectivity index (χ2v) is 9.91. The number of rotatable bonds is 10. The van der Waals surface area contributed by atoms with E-state index >= 15 is 0 Å². The van der Waals surface area contributed by atoms with Gasteiger partial charge >= 0.3 is 0 Å². The highest BCUT2D eigenvalue weighted by Crippen LogP contribution is 2.24. The van der Waals surface area contributed by atoms with Gasteiger partial charge in [-0.25, -0.2) is 0 Å². The van der Waals surface area contributed by atoms with Crippen LogP contribution in [0.4, 0.5) is 0 Å². The smallest absolute Gasteiger partial charge is 0.243 e. The predicted octanol–water partition coefficient (Wildman–Crippen LogP) is 6.09. The van der Waals surface area contributed by atoms with Crippen LogP contribution in [0.2, 0.25) is 10.0 Å². The van der Waals surface area contributed by atoms with E-state index in [-0.39, 0.29) is 23.6 Å². The van der Waals surface area contributed by atoms with Gasteiger partial charge in [-0.1, -0.05) is 79.4 Å². The normalized spacial score (nSPS) is 14.8. The van der Waals surface area contributed by atoms with Crippen LogP contribution in [0, 0.1) is 0 Å². The largest absolute Gasteiger partial charge is 0.352 e. The molecule has 3 rings (SSSR count). The molecule has 0 unspecified atom stereocenters. The molecule has 4 nitrogen and oxygen atoms in total. The van der Waals surface area contributed by atoms with E-state index < -0.39 is 6.04 Å². The van der Waals surface area contributed by atoms with Gasteiger partial charge in [0.25, 0.3) is 0 Å². The summed E-state index contributed by atoms with van der Waals surface area (Å²) in [6.45, 7) is 2.25. The van der Waals surface area contributed by atoms with Crippen molar-refractivity contribution < 1.29 is 9.59 Å². The van der Waals surface area contributed by atoms with Gasteiger partial charge < -0.3 is 10.2 Å². The lowest BCUT2D eigenvalue weighted by Crippen LogP contribution is -2.51. The molecule has 1 fully saturated rings. The minimum absolute atomic E-state index is 0.0732. The minimum atomic E-state index is -0.528. The van der Waals surface area contributed by atoms with E-state index in [0.29, 0.717) is 28.8 Å². The number of halogens is 2. The summed E-state index contributed by atoms with van der Waals surface area (Å²) in [6.07, 6.45) is 4.85. The van der Waals surface area contributed by atoms with Crippen molar-refractivity contribution in [1.82, 2.24) is 10.2 Å². The monoisotopic (exact) mass is 492 g/mol. The van der Waals surface area contributed by atoms with Crippen LogP contribution in [0.3, 0.4) is 0 Å². The van der Waals surface area contributed by atoms with E-state index in [1.54, 1.807) is 4.90 Å². The molecule has 32 heavy (non-hydrogen) atoms.